The first-order valence-corrected chi connectivity index (χ1v) is 8.26. The maximum atomic E-state index is 12.2. The van der Waals surface area contributed by atoms with Crippen LogP contribution in [0.4, 0.5) is 5.13 Å². The lowest BCUT2D eigenvalue weighted by Crippen LogP contribution is -2.46. The number of hydrogen-bond donors (Lipinski definition) is 2. The fourth-order valence-corrected chi connectivity index (χ4v) is 3.45. The van der Waals surface area contributed by atoms with Crippen LogP contribution >= 0.6 is 11.3 Å². The number of carbonyl (C=O) groups excluding carboxylic acids is 1. The predicted octanol–water partition coefficient (Wildman–Crippen LogP) is 2.45. The number of amides is 1. The van der Waals surface area contributed by atoms with Gasteiger partial charge in [-0.05, 0) is 31.2 Å². The Kier molecular flexibility index (Phi) is 5.48. The van der Waals surface area contributed by atoms with Gasteiger partial charge in [-0.2, -0.15) is 0 Å². The molecule has 0 aliphatic carbocycles. The van der Waals surface area contributed by atoms with Gasteiger partial charge in [0.25, 0.3) is 0 Å². The largest absolute Gasteiger partial charge is 0.306 e. The van der Waals surface area contributed by atoms with E-state index in [-0.39, 0.29) is 11.9 Å². The van der Waals surface area contributed by atoms with Gasteiger partial charge in [0.05, 0.1) is 6.04 Å². The van der Waals surface area contributed by atoms with E-state index >= 15 is 0 Å². The number of anilines is 1. The van der Waals surface area contributed by atoms with Gasteiger partial charge in [0, 0.05) is 6.42 Å². The van der Waals surface area contributed by atoms with Crippen molar-refractivity contribution in [2.45, 2.75) is 52.5 Å². The first-order valence-electron chi connectivity index (χ1n) is 7.45. The smallest absolute Gasteiger partial charge is 0.243 e. The molecule has 112 valence electrons. The Bertz CT molecular complexity index is 446. The van der Waals surface area contributed by atoms with Gasteiger partial charge in [-0.3, -0.25) is 10.1 Å². The molecule has 1 amide bonds. The molecule has 2 rings (SSSR count). The molecule has 2 unspecified atom stereocenters. The molecule has 1 fully saturated rings. The van der Waals surface area contributed by atoms with E-state index in [1.165, 1.54) is 11.3 Å². The van der Waals surface area contributed by atoms with E-state index in [0.29, 0.717) is 17.0 Å². The van der Waals surface area contributed by atoms with Crippen molar-refractivity contribution in [3.63, 3.8) is 0 Å². The van der Waals surface area contributed by atoms with Crippen LogP contribution in [0.15, 0.2) is 0 Å². The number of carbonyl (C=O) groups is 1. The molecule has 2 atom stereocenters. The molecule has 2 N–H and O–H groups in total. The Labute approximate surface area is 124 Å². The normalized spacial score (nSPS) is 23.0. The molecule has 1 aliphatic heterocycles. The Morgan fingerprint density at radius 1 is 1.50 bits per heavy atom. The minimum Gasteiger partial charge on any atom is -0.306 e. The molecule has 0 saturated carbocycles. The summed E-state index contributed by atoms with van der Waals surface area (Å²) in [5.41, 5.74) is 0. The van der Waals surface area contributed by atoms with Crippen molar-refractivity contribution in [2.75, 3.05) is 11.9 Å². The van der Waals surface area contributed by atoms with Gasteiger partial charge in [0.2, 0.25) is 11.0 Å². The Morgan fingerprint density at radius 3 is 3.00 bits per heavy atom. The third kappa shape index (κ3) is 4.24. The maximum absolute atomic E-state index is 12.2. The monoisotopic (exact) mass is 296 g/mol. The molecule has 20 heavy (non-hydrogen) atoms. The van der Waals surface area contributed by atoms with E-state index in [0.717, 1.165) is 37.2 Å². The second kappa shape index (κ2) is 7.13. The van der Waals surface area contributed by atoms with Crippen LogP contribution in [0.2, 0.25) is 0 Å². The third-order valence-corrected chi connectivity index (χ3v) is 4.55. The zero-order valence-corrected chi connectivity index (χ0v) is 13.3. The van der Waals surface area contributed by atoms with Gasteiger partial charge in [-0.1, -0.05) is 38.5 Å². The molecule has 1 aromatic rings. The van der Waals surface area contributed by atoms with E-state index < -0.39 is 0 Å². The second-order valence-corrected chi connectivity index (χ2v) is 6.96. The average Bonchev–Trinajstić information content (AvgIpc) is 2.85. The zero-order chi connectivity index (χ0) is 14.5. The SMILES string of the molecule is CCC1CCNC(C(=O)Nc2nnc(CC(C)C)s2)C1. The Hall–Kier alpha value is -1.01. The van der Waals surface area contributed by atoms with E-state index in [1.54, 1.807) is 0 Å². The standard InChI is InChI=1S/C14H24N4OS/c1-4-10-5-6-15-11(8-10)13(19)16-14-18-17-12(20-14)7-9(2)3/h9-11,15H,4-8H2,1-3H3,(H,16,18,19). The molecule has 1 saturated heterocycles. The summed E-state index contributed by atoms with van der Waals surface area (Å²) in [5.74, 6) is 1.23. The highest BCUT2D eigenvalue weighted by Crippen LogP contribution is 2.22. The van der Waals surface area contributed by atoms with Crippen LogP contribution in [0.25, 0.3) is 0 Å². The zero-order valence-electron chi connectivity index (χ0n) is 12.5. The van der Waals surface area contributed by atoms with Crippen molar-refractivity contribution >= 4 is 22.4 Å². The third-order valence-electron chi connectivity index (χ3n) is 3.69. The summed E-state index contributed by atoms with van der Waals surface area (Å²) < 4.78 is 0. The lowest BCUT2D eigenvalue weighted by atomic mass is 9.90. The van der Waals surface area contributed by atoms with Gasteiger partial charge in [0.15, 0.2) is 0 Å². The van der Waals surface area contributed by atoms with E-state index in [4.69, 9.17) is 0 Å². The average molecular weight is 296 g/mol. The summed E-state index contributed by atoms with van der Waals surface area (Å²) in [5, 5.41) is 16.0. The first kappa shape index (κ1) is 15.4. The number of piperidine rings is 1. The minimum atomic E-state index is -0.0915. The molecule has 1 aliphatic rings. The molecule has 0 aromatic carbocycles. The highest BCUT2D eigenvalue weighted by atomic mass is 32.1. The van der Waals surface area contributed by atoms with Gasteiger partial charge in [-0.15, -0.1) is 10.2 Å². The van der Waals surface area contributed by atoms with Crippen molar-refractivity contribution in [1.82, 2.24) is 15.5 Å². The summed E-state index contributed by atoms with van der Waals surface area (Å²) in [6.45, 7) is 7.41. The van der Waals surface area contributed by atoms with E-state index in [1.807, 2.05) is 0 Å². The lowest BCUT2D eigenvalue weighted by molar-refractivity contribution is -0.119. The molecule has 6 heteroatoms. The highest BCUT2D eigenvalue weighted by molar-refractivity contribution is 7.15. The van der Waals surface area contributed by atoms with Crippen LogP contribution in [0.5, 0.6) is 0 Å². The minimum absolute atomic E-state index is 0.0235. The van der Waals surface area contributed by atoms with Gasteiger partial charge in [-0.25, -0.2) is 0 Å². The van der Waals surface area contributed by atoms with Gasteiger partial charge < -0.3 is 5.32 Å². The topological polar surface area (TPSA) is 66.9 Å². The molecule has 5 nitrogen and oxygen atoms in total. The van der Waals surface area contributed by atoms with Crippen molar-refractivity contribution in [3.05, 3.63) is 5.01 Å². The van der Waals surface area contributed by atoms with Crippen molar-refractivity contribution in [1.29, 1.82) is 0 Å². The van der Waals surface area contributed by atoms with Gasteiger partial charge >= 0.3 is 0 Å². The predicted molar refractivity (Wildman–Crippen MR) is 81.9 cm³/mol. The van der Waals surface area contributed by atoms with Crippen LogP contribution in [-0.4, -0.2) is 28.7 Å². The molecule has 0 bridgehead atoms. The van der Waals surface area contributed by atoms with E-state index in [9.17, 15) is 4.79 Å². The Balaban J connectivity index is 1.89. The summed E-state index contributed by atoms with van der Waals surface area (Å²) in [7, 11) is 0. The summed E-state index contributed by atoms with van der Waals surface area (Å²) >= 11 is 1.48. The van der Waals surface area contributed by atoms with Crippen LogP contribution in [0.3, 0.4) is 0 Å². The fraction of sp³-hybridized carbons (Fsp3) is 0.786. The number of aromatic nitrogens is 2. The molecule has 1 aromatic heterocycles. The molecule has 2 heterocycles. The number of rotatable bonds is 5. The van der Waals surface area contributed by atoms with Crippen LogP contribution in [-0.2, 0) is 11.2 Å². The van der Waals surface area contributed by atoms with Crippen molar-refractivity contribution < 1.29 is 4.79 Å². The number of nitrogens with one attached hydrogen (secondary N) is 2. The molecule has 0 radical (unpaired) electrons. The highest BCUT2D eigenvalue weighted by Gasteiger charge is 2.26. The first-order chi connectivity index (χ1) is 9.58. The van der Waals surface area contributed by atoms with Crippen LogP contribution in [0.1, 0.15) is 45.0 Å². The second-order valence-electron chi connectivity index (χ2n) is 5.89. The van der Waals surface area contributed by atoms with E-state index in [2.05, 4.69) is 41.6 Å². The summed E-state index contributed by atoms with van der Waals surface area (Å²) in [4.78, 5) is 12.2. The lowest BCUT2D eigenvalue weighted by Gasteiger charge is -2.28. The van der Waals surface area contributed by atoms with Crippen LogP contribution < -0.4 is 10.6 Å². The van der Waals surface area contributed by atoms with Crippen molar-refractivity contribution in [3.8, 4) is 0 Å². The van der Waals surface area contributed by atoms with Crippen molar-refractivity contribution in [2.24, 2.45) is 11.8 Å². The maximum Gasteiger partial charge on any atom is 0.243 e. The Morgan fingerprint density at radius 2 is 2.30 bits per heavy atom. The quantitative estimate of drug-likeness (QED) is 0.876. The number of nitrogens with zero attached hydrogens (tertiary/aromatic N) is 2. The fourth-order valence-electron chi connectivity index (χ4n) is 2.50. The summed E-state index contributed by atoms with van der Waals surface area (Å²) in [6.07, 6.45) is 4.13. The van der Waals surface area contributed by atoms with Crippen LogP contribution in [0, 0.1) is 11.8 Å². The number of hydrogen-bond acceptors (Lipinski definition) is 5. The molecular weight excluding hydrogens is 272 g/mol. The summed E-state index contributed by atoms with van der Waals surface area (Å²) in [6, 6.07) is -0.0915. The molecular formula is C14H24N4OS. The molecule has 0 spiro atoms. The van der Waals surface area contributed by atoms with Gasteiger partial charge in [0.1, 0.15) is 5.01 Å².